The zero-order valence-electron chi connectivity index (χ0n) is 14.6. The van der Waals surface area contributed by atoms with Crippen LogP contribution in [0.1, 0.15) is 29.7 Å². The van der Waals surface area contributed by atoms with Crippen LogP contribution in [0, 0.1) is 0 Å². The van der Waals surface area contributed by atoms with Crippen LogP contribution in [-0.2, 0) is 0 Å². The molecule has 3 heteroatoms. The second kappa shape index (κ2) is 8.63. The van der Waals surface area contributed by atoms with Crippen LogP contribution in [0.3, 0.4) is 0 Å². The number of benzene rings is 3. The molecule has 0 saturated carbocycles. The Morgan fingerprint density at radius 2 is 1.42 bits per heavy atom. The van der Waals surface area contributed by atoms with Gasteiger partial charge in [-0.2, -0.15) is 0 Å². The second-order valence-electron chi connectivity index (χ2n) is 6.07. The van der Waals surface area contributed by atoms with Crippen molar-refractivity contribution in [1.29, 1.82) is 0 Å². The number of nitrogens with zero attached hydrogens (tertiary/aromatic N) is 1. The Labute approximate surface area is 163 Å². The van der Waals surface area contributed by atoms with Gasteiger partial charge in [0.1, 0.15) is 0 Å². The fourth-order valence-electron chi connectivity index (χ4n) is 2.69. The fraction of sp³-hybridized carbons (Fsp3) is 0.0870. The summed E-state index contributed by atoms with van der Waals surface area (Å²) in [4.78, 5) is 4.95. The molecular formula is C23H21BrN2. The van der Waals surface area contributed by atoms with Gasteiger partial charge in [0, 0.05) is 10.2 Å². The molecule has 26 heavy (non-hydrogen) atoms. The maximum absolute atomic E-state index is 6.36. The van der Waals surface area contributed by atoms with Gasteiger partial charge in [0.25, 0.3) is 0 Å². The van der Waals surface area contributed by atoms with Crippen LogP contribution in [0.25, 0.3) is 5.70 Å². The average Bonchev–Trinajstić information content (AvgIpc) is 2.69. The molecule has 0 radical (unpaired) electrons. The number of rotatable bonds is 5. The van der Waals surface area contributed by atoms with E-state index in [0.717, 1.165) is 21.3 Å². The molecule has 0 fully saturated rings. The maximum atomic E-state index is 6.36. The van der Waals surface area contributed by atoms with Gasteiger partial charge < -0.3 is 5.73 Å². The Morgan fingerprint density at radius 1 is 0.846 bits per heavy atom. The highest BCUT2D eigenvalue weighted by molar-refractivity contribution is 9.10. The summed E-state index contributed by atoms with van der Waals surface area (Å²) >= 11 is 3.46. The standard InChI is InChI=1S/C23H21BrN2/c1-17(18-8-4-2-5-9-18)26-23(20-10-6-3-7-11-20)16-22(25)19-12-14-21(24)15-13-19/h2-17H,25H2,1H3/b22-16-,26-23?. The van der Waals surface area contributed by atoms with E-state index in [4.69, 9.17) is 10.7 Å². The normalized spacial score (nSPS) is 13.5. The Kier molecular flexibility index (Phi) is 6.03. The molecule has 0 aromatic heterocycles. The molecule has 0 heterocycles. The first-order valence-corrected chi connectivity index (χ1v) is 9.34. The van der Waals surface area contributed by atoms with Gasteiger partial charge in [-0.1, -0.05) is 88.7 Å². The van der Waals surface area contributed by atoms with Crippen molar-refractivity contribution in [1.82, 2.24) is 0 Å². The largest absolute Gasteiger partial charge is 0.398 e. The zero-order valence-corrected chi connectivity index (χ0v) is 16.2. The molecule has 0 aliphatic carbocycles. The van der Waals surface area contributed by atoms with E-state index in [1.54, 1.807) is 0 Å². The SMILES string of the molecule is CC(N=C(/C=C(\N)c1ccc(Br)cc1)c1ccccc1)c1ccccc1. The highest BCUT2D eigenvalue weighted by Gasteiger charge is 2.08. The first-order valence-electron chi connectivity index (χ1n) is 8.55. The van der Waals surface area contributed by atoms with Crippen LogP contribution < -0.4 is 5.73 Å². The Hall–Kier alpha value is -2.65. The van der Waals surface area contributed by atoms with Crippen molar-refractivity contribution < 1.29 is 0 Å². The predicted octanol–water partition coefficient (Wildman–Crippen LogP) is 6.00. The van der Waals surface area contributed by atoms with E-state index in [-0.39, 0.29) is 6.04 Å². The summed E-state index contributed by atoms with van der Waals surface area (Å²) in [6.45, 7) is 2.10. The van der Waals surface area contributed by atoms with E-state index in [9.17, 15) is 0 Å². The molecule has 0 aliphatic rings. The van der Waals surface area contributed by atoms with Gasteiger partial charge in [0.05, 0.1) is 11.8 Å². The smallest absolute Gasteiger partial charge is 0.0728 e. The van der Waals surface area contributed by atoms with Crippen LogP contribution in [0.2, 0.25) is 0 Å². The van der Waals surface area contributed by atoms with Crippen molar-refractivity contribution in [3.05, 3.63) is 112 Å². The summed E-state index contributed by atoms with van der Waals surface area (Å²) in [5.41, 5.74) is 11.1. The minimum Gasteiger partial charge on any atom is -0.398 e. The molecule has 3 aromatic rings. The first kappa shape index (κ1) is 18.2. The van der Waals surface area contributed by atoms with Crippen molar-refractivity contribution >= 4 is 27.3 Å². The van der Waals surface area contributed by atoms with Crippen LogP contribution in [0.4, 0.5) is 0 Å². The molecule has 0 bridgehead atoms. The number of allylic oxidation sites excluding steroid dienone is 1. The summed E-state index contributed by atoms with van der Waals surface area (Å²) in [7, 11) is 0. The van der Waals surface area contributed by atoms with Crippen LogP contribution in [0.15, 0.2) is 100 Å². The molecule has 0 spiro atoms. The number of halogens is 1. The Morgan fingerprint density at radius 3 is 2.04 bits per heavy atom. The Balaban J connectivity index is 2.00. The molecule has 0 amide bonds. The third-order valence-corrected chi connectivity index (χ3v) is 4.68. The molecule has 1 atom stereocenters. The van der Waals surface area contributed by atoms with Crippen molar-refractivity contribution in [3.8, 4) is 0 Å². The quantitative estimate of drug-likeness (QED) is 0.520. The van der Waals surface area contributed by atoms with Crippen LogP contribution in [0.5, 0.6) is 0 Å². The topological polar surface area (TPSA) is 38.4 Å². The number of aliphatic imine (C=N–C) groups is 1. The molecule has 3 aromatic carbocycles. The minimum absolute atomic E-state index is 0.0420. The summed E-state index contributed by atoms with van der Waals surface area (Å²) in [6.07, 6.45) is 1.96. The lowest BCUT2D eigenvalue weighted by molar-refractivity contribution is 0.822. The third-order valence-electron chi connectivity index (χ3n) is 4.15. The number of nitrogens with two attached hydrogens (primary N) is 1. The highest BCUT2D eigenvalue weighted by Crippen LogP contribution is 2.20. The molecule has 0 aliphatic heterocycles. The molecule has 3 rings (SSSR count). The van der Waals surface area contributed by atoms with Gasteiger partial charge in [-0.05, 0) is 41.8 Å². The third kappa shape index (κ3) is 4.70. The second-order valence-corrected chi connectivity index (χ2v) is 6.99. The van der Waals surface area contributed by atoms with E-state index < -0.39 is 0 Å². The lowest BCUT2D eigenvalue weighted by Crippen LogP contribution is -2.05. The van der Waals surface area contributed by atoms with E-state index in [1.807, 2.05) is 66.7 Å². The van der Waals surface area contributed by atoms with Gasteiger partial charge >= 0.3 is 0 Å². The molecule has 1 unspecified atom stereocenters. The predicted molar refractivity (Wildman–Crippen MR) is 114 cm³/mol. The molecule has 0 saturated heterocycles. The van der Waals surface area contributed by atoms with Crippen molar-refractivity contribution in [2.75, 3.05) is 0 Å². The summed E-state index contributed by atoms with van der Waals surface area (Å²) in [5, 5.41) is 0. The molecule has 2 N–H and O–H groups in total. The average molecular weight is 405 g/mol. The van der Waals surface area contributed by atoms with Gasteiger partial charge in [-0.15, -0.1) is 0 Å². The zero-order chi connectivity index (χ0) is 18.4. The fourth-order valence-corrected chi connectivity index (χ4v) is 2.96. The summed E-state index contributed by atoms with van der Waals surface area (Å²) in [5.74, 6) is 0. The monoisotopic (exact) mass is 404 g/mol. The molecule has 130 valence electrons. The lowest BCUT2D eigenvalue weighted by atomic mass is 10.0. The van der Waals surface area contributed by atoms with Gasteiger partial charge in [0.2, 0.25) is 0 Å². The van der Waals surface area contributed by atoms with E-state index >= 15 is 0 Å². The van der Waals surface area contributed by atoms with Gasteiger partial charge in [0.15, 0.2) is 0 Å². The number of hydrogen-bond acceptors (Lipinski definition) is 2. The van der Waals surface area contributed by atoms with Crippen LogP contribution >= 0.6 is 15.9 Å². The highest BCUT2D eigenvalue weighted by atomic mass is 79.9. The molecular weight excluding hydrogens is 384 g/mol. The van der Waals surface area contributed by atoms with E-state index in [1.165, 1.54) is 5.56 Å². The lowest BCUT2D eigenvalue weighted by Gasteiger charge is -2.11. The Bertz CT molecular complexity index is 898. The van der Waals surface area contributed by atoms with Crippen molar-refractivity contribution in [3.63, 3.8) is 0 Å². The van der Waals surface area contributed by atoms with Gasteiger partial charge in [-0.3, -0.25) is 4.99 Å². The van der Waals surface area contributed by atoms with Gasteiger partial charge in [-0.25, -0.2) is 0 Å². The minimum atomic E-state index is 0.0420. The van der Waals surface area contributed by atoms with Crippen molar-refractivity contribution in [2.24, 2.45) is 10.7 Å². The van der Waals surface area contributed by atoms with Crippen molar-refractivity contribution in [2.45, 2.75) is 13.0 Å². The van der Waals surface area contributed by atoms with E-state index in [2.05, 4.69) is 47.1 Å². The number of hydrogen-bond donors (Lipinski definition) is 1. The maximum Gasteiger partial charge on any atom is 0.0728 e. The van der Waals surface area contributed by atoms with Crippen LogP contribution in [-0.4, -0.2) is 5.71 Å². The van der Waals surface area contributed by atoms with E-state index in [0.29, 0.717) is 5.70 Å². The first-order chi connectivity index (χ1) is 12.6. The summed E-state index contributed by atoms with van der Waals surface area (Å²) < 4.78 is 1.03. The summed E-state index contributed by atoms with van der Waals surface area (Å²) in [6, 6.07) is 28.4. The molecule has 2 nitrogen and oxygen atoms in total.